The SMILES string of the molecule is CCC=CCC=CCC=CCCCCCCCC(=O)NCCNCCNCCNCCNC(=O)CCCCCCCC=CCC=CCC=CCC. The first-order chi connectivity index (χ1) is 25.2. The molecule has 0 rings (SSSR count). The van der Waals surface area contributed by atoms with Gasteiger partial charge in [0.25, 0.3) is 0 Å². The number of nitrogens with one attached hydrogen (secondary N) is 5. The average Bonchev–Trinajstić information content (AvgIpc) is 3.13. The predicted octanol–water partition coefficient (Wildman–Crippen LogP) is 9.17. The summed E-state index contributed by atoms with van der Waals surface area (Å²) in [4.78, 5) is 24.1. The van der Waals surface area contributed by atoms with Gasteiger partial charge in [0, 0.05) is 65.2 Å². The van der Waals surface area contributed by atoms with E-state index in [4.69, 9.17) is 0 Å². The Morgan fingerprint density at radius 1 is 0.353 bits per heavy atom. The maximum atomic E-state index is 12.0. The number of unbranched alkanes of at least 4 members (excludes halogenated alkanes) is 10. The first kappa shape index (κ1) is 48.3. The molecule has 0 heterocycles. The van der Waals surface area contributed by atoms with Crippen LogP contribution in [-0.2, 0) is 9.59 Å². The number of carbonyl (C=O) groups excluding carboxylic acids is 2. The summed E-state index contributed by atoms with van der Waals surface area (Å²) in [7, 11) is 0. The zero-order valence-corrected chi connectivity index (χ0v) is 33.0. The molecule has 0 aliphatic carbocycles. The van der Waals surface area contributed by atoms with Crippen LogP contribution in [0.1, 0.15) is 142 Å². The van der Waals surface area contributed by atoms with Gasteiger partial charge in [0.1, 0.15) is 0 Å². The van der Waals surface area contributed by atoms with Crippen LogP contribution in [0.3, 0.4) is 0 Å². The number of amides is 2. The molecule has 7 nitrogen and oxygen atoms in total. The average molecular weight is 710 g/mol. The van der Waals surface area contributed by atoms with Gasteiger partial charge in [0.05, 0.1) is 0 Å². The van der Waals surface area contributed by atoms with Crippen molar-refractivity contribution in [2.24, 2.45) is 0 Å². The minimum Gasteiger partial charge on any atom is -0.355 e. The van der Waals surface area contributed by atoms with Crippen molar-refractivity contribution >= 4 is 11.8 Å². The summed E-state index contributed by atoms with van der Waals surface area (Å²) in [6, 6.07) is 0. The van der Waals surface area contributed by atoms with Gasteiger partial charge in [-0.1, -0.05) is 125 Å². The Labute approximate surface area is 314 Å². The lowest BCUT2D eigenvalue weighted by atomic mass is 10.1. The highest BCUT2D eigenvalue weighted by atomic mass is 16.2. The molecule has 0 aromatic heterocycles. The molecule has 0 spiro atoms. The van der Waals surface area contributed by atoms with Crippen LogP contribution in [0.4, 0.5) is 0 Å². The Bertz CT molecular complexity index is 864. The highest BCUT2D eigenvalue weighted by Crippen LogP contribution is 2.09. The second-order valence-corrected chi connectivity index (χ2v) is 13.2. The van der Waals surface area contributed by atoms with E-state index in [1.807, 2.05) is 0 Å². The third kappa shape index (κ3) is 43.3. The van der Waals surface area contributed by atoms with E-state index in [1.54, 1.807) is 0 Å². The number of hydrogen-bond acceptors (Lipinski definition) is 5. The van der Waals surface area contributed by atoms with Gasteiger partial charge in [-0.15, -0.1) is 0 Å². The molecular weight excluding hydrogens is 631 g/mol. The fraction of sp³-hybridized carbons (Fsp3) is 0.682. The zero-order valence-electron chi connectivity index (χ0n) is 33.0. The van der Waals surface area contributed by atoms with Crippen LogP contribution in [-0.4, -0.2) is 64.2 Å². The zero-order chi connectivity index (χ0) is 37.0. The molecule has 292 valence electrons. The molecule has 0 radical (unpaired) electrons. The largest absolute Gasteiger partial charge is 0.355 e. The molecule has 2 amide bonds. The molecule has 0 saturated carbocycles. The molecule has 0 saturated heterocycles. The van der Waals surface area contributed by atoms with Crippen LogP contribution in [0.5, 0.6) is 0 Å². The van der Waals surface area contributed by atoms with Crippen molar-refractivity contribution in [2.45, 2.75) is 142 Å². The quantitative estimate of drug-likeness (QED) is 0.0326. The molecular formula is C44H79N5O2. The van der Waals surface area contributed by atoms with Crippen molar-refractivity contribution in [1.82, 2.24) is 26.6 Å². The molecule has 51 heavy (non-hydrogen) atoms. The van der Waals surface area contributed by atoms with E-state index in [2.05, 4.69) is 113 Å². The summed E-state index contributed by atoms with van der Waals surface area (Å²) in [5.74, 6) is 0.331. The Morgan fingerprint density at radius 2 is 0.647 bits per heavy atom. The second-order valence-electron chi connectivity index (χ2n) is 13.2. The number of carbonyl (C=O) groups is 2. The molecule has 0 unspecified atom stereocenters. The normalized spacial score (nSPS) is 12.3. The van der Waals surface area contributed by atoms with E-state index >= 15 is 0 Å². The highest BCUT2D eigenvalue weighted by molar-refractivity contribution is 5.76. The highest BCUT2D eigenvalue weighted by Gasteiger charge is 2.01. The number of rotatable bonds is 38. The monoisotopic (exact) mass is 710 g/mol. The van der Waals surface area contributed by atoms with Crippen molar-refractivity contribution in [3.8, 4) is 0 Å². The van der Waals surface area contributed by atoms with Crippen molar-refractivity contribution < 1.29 is 9.59 Å². The minimum absolute atomic E-state index is 0.165. The molecule has 0 aromatic carbocycles. The molecule has 0 aromatic rings. The van der Waals surface area contributed by atoms with Crippen LogP contribution in [0.15, 0.2) is 72.9 Å². The molecule has 5 N–H and O–H groups in total. The lowest BCUT2D eigenvalue weighted by Gasteiger charge is -2.09. The van der Waals surface area contributed by atoms with Crippen LogP contribution in [0.25, 0.3) is 0 Å². The van der Waals surface area contributed by atoms with Crippen LogP contribution in [0.2, 0.25) is 0 Å². The fourth-order valence-electron chi connectivity index (χ4n) is 5.30. The first-order valence-electron chi connectivity index (χ1n) is 20.8. The summed E-state index contributed by atoms with van der Waals surface area (Å²) in [6.07, 6.45) is 48.4. The first-order valence-corrected chi connectivity index (χ1v) is 20.8. The lowest BCUT2D eigenvalue weighted by Crippen LogP contribution is -2.37. The van der Waals surface area contributed by atoms with E-state index < -0.39 is 0 Å². The summed E-state index contributed by atoms with van der Waals surface area (Å²) >= 11 is 0. The number of allylic oxidation sites excluding steroid dienone is 12. The summed E-state index contributed by atoms with van der Waals surface area (Å²) in [5.41, 5.74) is 0. The summed E-state index contributed by atoms with van der Waals surface area (Å²) in [6.45, 7) is 10.8. The Hall–Kier alpha value is -2.74. The molecule has 0 atom stereocenters. The molecule has 7 heteroatoms. The predicted molar refractivity (Wildman–Crippen MR) is 223 cm³/mol. The standard InChI is InChI=1S/C44H79N5O2/c1-3-5-7-9-11-13-15-17-19-21-23-25-27-29-31-33-43(50)48-41-39-46-37-35-45-36-38-47-40-42-49-44(51)34-32-30-28-26-24-22-20-18-16-14-12-10-8-6-4-2/h5-8,11-14,17-20,45-47H,3-4,9-10,15-16,21-42H2,1-2H3,(H,48,50)(H,49,51). The fourth-order valence-corrected chi connectivity index (χ4v) is 5.30. The van der Waals surface area contributed by atoms with Gasteiger partial charge in [-0.05, 0) is 77.0 Å². The van der Waals surface area contributed by atoms with Crippen molar-refractivity contribution in [3.63, 3.8) is 0 Å². The van der Waals surface area contributed by atoms with Crippen LogP contribution >= 0.6 is 0 Å². The maximum absolute atomic E-state index is 12.0. The van der Waals surface area contributed by atoms with E-state index in [1.165, 1.54) is 38.5 Å². The Kier molecular flexibility index (Phi) is 41.1. The van der Waals surface area contributed by atoms with Crippen molar-refractivity contribution in [3.05, 3.63) is 72.9 Å². The molecule has 0 aliphatic heterocycles. The van der Waals surface area contributed by atoms with Gasteiger partial charge < -0.3 is 26.6 Å². The van der Waals surface area contributed by atoms with E-state index in [0.29, 0.717) is 25.9 Å². The maximum Gasteiger partial charge on any atom is 0.220 e. The summed E-state index contributed by atoms with van der Waals surface area (Å²) < 4.78 is 0. The van der Waals surface area contributed by atoms with Crippen molar-refractivity contribution in [2.75, 3.05) is 52.4 Å². The lowest BCUT2D eigenvalue weighted by molar-refractivity contribution is -0.122. The molecule has 0 fully saturated rings. The summed E-state index contributed by atoms with van der Waals surface area (Å²) in [5, 5.41) is 16.2. The van der Waals surface area contributed by atoms with Gasteiger partial charge >= 0.3 is 0 Å². The molecule has 0 aliphatic rings. The Morgan fingerprint density at radius 3 is 1.02 bits per heavy atom. The van der Waals surface area contributed by atoms with Gasteiger partial charge in [-0.3, -0.25) is 9.59 Å². The number of hydrogen-bond donors (Lipinski definition) is 5. The van der Waals surface area contributed by atoms with E-state index in [0.717, 1.165) is 116 Å². The second kappa shape index (κ2) is 43.4. The van der Waals surface area contributed by atoms with E-state index in [-0.39, 0.29) is 11.8 Å². The molecule has 0 bridgehead atoms. The minimum atomic E-state index is 0.165. The topological polar surface area (TPSA) is 94.3 Å². The van der Waals surface area contributed by atoms with E-state index in [9.17, 15) is 9.59 Å². The third-order valence-electron chi connectivity index (χ3n) is 8.31. The van der Waals surface area contributed by atoms with Gasteiger partial charge in [-0.2, -0.15) is 0 Å². The van der Waals surface area contributed by atoms with Gasteiger partial charge in [-0.25, -0.2) is 0 Å². The smallest absolute Gasteiger partial charge is 0.220 e. The van der Waals surface area contributed by atoms with Crippen LogP contribution < -0.4 is 26.6 Å². The Balaban J connectivity index is 3.32. The van der Waals surface area contributed by atoms with Gasteiger partial charge in [0.2, 0.25) is 11.8 Å². The van der Waals surface area contributed by atoms with Gasteiger partial charge in [0.15, 0.2) is 0 Å². The third-order valence-corrected chi connectivity index (χ3v) is 8.31. The van der Waals surface area contributed by atoms with Crippen LogP contribution in [0, 0.1) is 0 Å². The van der Waals surface area contributed by atoms with Crippen molar-refractivity contribution in [1.29, 1.82) is 0 Å².